The van der Waals surface area contributed by atoms with Gasteiger partial charge in [-0.1, -0.05) is 43.4 Å². The van der Waals surface area contributed by atoms with E-state index in [4.69, 9.17) is 0 Å². The number of benzene rings is 2. The Morgan fingerprint density at radius 1 is 0.944 bits per heavy atom. The van der Waals surface area contributed by atoms with Gasteiger partial charge in [0, 0.05) is 25.8 Å². The normalized spacial score (nSPS) is 12.0. The summed E-state index contributed by atoms with van der Waals surface area (Å²) in [6.45, 7) is 6.83. The van der Waals surface area contributed by atoms with Gasteiger partial charge in [-0.05, 0) is 49.8 Å². The van der Waals surface area contributed by atoms with Crippen molar-refractivity contribution in [1.82, 2.24) is 9.88 Å². The molecule has 0 atom stereocenters. The lowest BCUT2D eigenvalue weighted by atomic mass is 10.3. The third-order valence-corrected chi connectivity index (χ3v) is 9.72. The van der Waals surface area contributed by atoms with Crippen molar-refractivity contribution in [3.05, 3.63) is 48.5 Å². The monoisotopic (exact) mass is 573 g/mol. The van der Waals surface area contributed by atoms with Crippen molar-refractivity contribution in [2.75, 3.05) is 43.1 Å². The summed E-state index contributed by atoms with van der Waals surface area (Å²) in [5.74, 6) is -0.327. The topological polar surface area (TPSA) is 105 Å². The molecule has 3 aromatic rings. The summed E-state index contributed by atoms with van der Waals surface area (Å²) in [5, 5.41) is 0.480. The van der Waals surface area contributed by atoms with Crippen LogP contribution in [0.25, 0.3) is 10.2 Å². The summed E-state index contributed by atoms with van der Waals surface area (Å²) in [6.07, 6.45) is 1.41. The van der Waals surface area contributed by atoms with E-state index in [1.54, 1.807) is 47.4 Å². The standard InChI is InChI=1S/C24H31N3O5S3.ClH/c1-4-26(5-2)15-16-27(23(28)12-9-17-35(31,32)19-10-7-6-8-11-19)24-25-21-14-13-20(34(3,29)30)18-22(21)33-24;/h6-8,10-11,13-14,18H,4-5,9,12,15-17H2,1-3H3;1H. The van der Waals surface area contributed by atoms with Crippen molar-refractivity contribution in [2.45, 2.75) is 36.5 Å². The molecule has 0 saturated carbocycles. The average molecular weight is 574 g/mol. The van der Waals surface area contributed by atoms with Crippen molar-refractivity contribution in [2.24, 2.45) is 0 Å². The Morgan fingerprint density at radius 3 is 2.22 bits per heavy atom. The number of thiazole rings is 1. The number of amides is 1. The van der Waals surface area contributed by atoms with E-state index in [0.717, 1.165) is 19.3 Å². The first kappa shape index (κ1) is 30.2. The van der Waals surface area contributed by atoms with Crippen LogP contribution in [-0.2, 0) is 24.5 Å². The van der Waals surface area contributed by atoms with Crippen molar-refractivity contribution < 1.29 is 21.6 Å². The number of anilines is 1. The number of rotatable bonds is 12. The van der Waals surface area contributed by atoms with Crippen LogP contribution in [0, 0.1) is 0 Å². The van der Waals surface area contributed by atoms with E-state index < -0.39 is 19.7 Å². The molecule has 0 N–H and O–H groups in total. The van der Waals surface area contributed by atoms with Gasteiger partial charge in [0.1, 0.15) is 0 Å². The molecule has 12 heteroatoms. The predicted molar refractivity (Wildman–Crippen MR) is 148 cm³/mol. The molecule has 0 saturated heterocycles. The average Bonchev–Trinajstić information content (AvgIpc) is 3.24. The Balaban J connectivity index is 0.00000456. The Hall–Kier alpha value is -2.05. The summed E-state index contributed by atoms with van der Waals surface area (Å²) >= 11 is 1.26. The van der Waals surface area contributed by atoms with Crippen LogP contribution >= 0.6 is 23.7 Å². The fourth-order valence-corrected chi connectivity index (χ4v) is 6.74. The van der Waals surface area contributed by atoms with E-state index in [9.17, 15) is 21.6 Å². The quantitative estimate of drug-likeness (QED) is 0.322. The highest BCUT2D eigenvalue weighted by Crippen LogP contribution is 2.31. The van der Waals surface area contributed by atoms with Gasteiger partial charge >= 0.3 is 0 Å². The Kier molecular flexibility index (Phi) is 10.9. The summed E-state index contributed by atoms with van der Waals surface area (Å²) in [4.78, 5) is 22.1. The molecule has 36 heavy (non-hydrogen) atoms. The summed E-state index contributed by atoms with van der Waals surface area (Å²) < 4.78 is 49.7. The highest BCUT2D eigenvalue weighted by atomic mass is 35.5. The fraction of sp³-hybridized carbons (Fsp3) is 0.417. The number of sulfone groups is 2. The number of hydrogen-bond acceptors (Lipinski definition) is 8. The van der Waals surface area contributed by atoms with Crippen LogP contribution < -0.4 is 4.90 Å². The highest BCUT2D eigenvalue weighted by Gasteiger charge is 2.22. The van der Waals surface area contributed by atoms with Gasteiger partial charge in [0.2, 0.25) is 5.91 Å². The van der Waals surface area contributed by atoms with Crippen LogP contribution in [0.5, 0.6) is 0 Å². The van der Waals surface area contributed by atoms with Crippen LogP contribution in [0.15, 0.2) is 58.3 Å². The minimum Gasteiger partial charge on any atom is -0.302 e. The maximum absolute atomic E-state index is 13.2. The molecule has 0 radical (unpaired) electrons. The minimum absolute atomic E-state index is 0. The predicted octanol–water partition coefficient (Wildman–Crippen LogP) is 4.05. The first-order valence-electron chi connectivity index (χ1n) is 11.5. The zero-order valence-corrected chi connectivity index (χ0v) is 23.9. The summed E-state index contributed by atoms with van der Waals surface area (Å²) in [7, 11) is -6.83. The molecule has 0 aliphatic carbocycles. The van der Waals surface area contributed by atoms with Gasteiger partial charge in [-0.3, -0.25) is 9.69 Å². The molecule has 0 spiro atoms. The lowest BCUT2D eigenvalue weighted by Crippen LogP contribution is -2.38. The van der Waals surface area contributed by atoms with Gasteiger partial charge in [0.25, 0.3) is 0 Å². The van der Waals surface area contributed by atoms with E-state index in [1.807, 2.05) is 0 Å². The van der Waals surface area contributed by atoms with Crippen LogP contribution in [0.4, 0.5) is 5.13 Å². The molecule has 3 rings (SSSR count). The first-order chi connectivity index (χ1) is 16.5. The Bertz CT molecular complexity index is 1370. The number of aromatic nitrogens is 1. The van der Waals surface area contributed by atoms with Gasteiger partial charge < -0.3 is 4.90 Å². The lowest BCUT2D eigenvalue weighted by Gasteiger charge is -2.24. The Labute approximate surface area is 223 Å². The molecule has 8 nitrogen and oxygen atoms in total. The third kappa shape index (κ3) is 7.72. The molecular weight excluding hydrogens is 542 g/mol. The number of carbonyl (C=O) groups excluding carboxylic acids is 1. The van der Waals surface area contributed by atoms with Crippen molar-refractivity contribution in [1.29, 1.82) is 0 Å². The Morgan fingerprint density at radius 2 is 1.61 bits per heavy atom. The van der Waals surface area contributed by atoms with E-state index in [2.05, 4.69) is 23.7 Å². The molecule has 0 aliphatic rings. The van der Waals surface area contributed by atoms with Gasteiger partial charge in [0.15, 0.2) is 24.8 Å². The van der Waals surface area contributed by atoms with Gasteiger partial charge in [-0.25, -0.2) is 21.8 Å². The smallest absolute Gasteiger partial charge is 0.228 e. The molecular formula is C24H32ClN3O5S3. The second-order valence-electron chi connectivity index (χ2n) is 8.21. The largest absolute Gasteiger partial charge is 0.302 e. The molecule has 0 aliphatic heterocycles. The van der Waals surface area contributed by atoms with Crippen molar-refractivity contribution >= 4 is 64.7 Å². The molecule has 0 bridgehead atoms. The molecule has 0 fully saturated rings. The van der Waals surface area contributed by atoms with Crippen molar-refractivity contribution in [3.63, 3.8) is 0 Å². The molecule has 0 unspecified atom stereocenters. The summed E-state index contributed by atoms with van der Waals surface area (Å²) in [6, 6.07) is 12.9. The van der Waals surface area contributed by atoms with Gasteiger partial charge in [-0.2, -0.15) is 0 Å². The zero-order chi connectivity index (χ0) is 25.6. The molecule has 198 valence electrons. The number of likely N-dealkylation sites (N-methyl/N-ethyl adjacent to an activating group) is 1. The van der Waals surface area contributed by atoms with E-state index >= 15 is 0 Å². The zero-order valence-electron chi connectivity index (χ0n) is 20.6. The highest BCUT2D eigenvalue weighted by molar-refractivity contribution is 7.91. The first-order valence-corrected chi connectivity index (χ1v) is 15.8. The SMILES string of the molecule is CCN(CC)CCN(C(=O)CCCS(=O)(=O)c1ccccc1)c1nc2ccc(S(C)(=O)=O)cc2s1.Cl. The molecule has 1 amide bonds. The second kappa shape index (κ2) is 13.0. The van der Waals surface area contributed by atoms with Crippen LogP contribution in [0.3, 0.4) is 0 Å². The van der Waals surface area contributed by atoms with Crippen LogP contribution in [0.1, 0.15) is 26.7 Å². The maximum atomic E-state index is 13.2. The number of halogens is 1. The van der Waals surface area contributed by atoms with Gasteiger partial charge in [-0.15, -0.1) is 12.4 Å². The summed E-state index contributed by atoms with van der Waals surface area (Å²) in [5.41, 5.74) is 0.615. The van der Waals surface area contributed by atoms with E-state index in [-0.39, 0.29) is 46.7 Å². The molecule has 1 heterocycles. The number of carbonyl (C=O) groups is 1. The van der Waals surface area contributed by atoms with E-state index in [0.29, 0.717) is 28.4 Å². The molecule has 2 aromatic carbocycles. The number of nitrogens with zero attached hydrogens (tertiary/aromatic N) is 3. The fourth-order valence-electron chi connectivity index (χ4n) is 3.64. The molecule has 1 aromatic heterocycles. The van der Waals surface area contributed by atoms with Crippen LogP contribution in [0.2, 0.25) is 0 Å². The third-order valence-electron chi connectivity index (χ3n) is 5.75. The minimum atomic E-state index is -3.47. The van der Waals surface area contributed by atoms with Crippen LogP contribution in [-0.4, -0.2) is 70.8 Å². The number of fused-ring (bicyclic) bond motifs is 1. The van der Waals surface area contributed by atoms with Gasteiger partial charge in [0.05, 0.1) is 25.8 Å². The van der Waals surface area contributed by atoms with E-state index in [1.165, 1.54) is 17.4 Å². The maximum Gasteiger partial charge on any atom is 0.228 e. The lowest BCUT2D eigenvalue weighted by molar-refractivity contribution is -0.118. The second-order valence-corrected chi connectivity index (χ2v) is 13.3. The number of hydrogen-bond donors (Lipinski definition) is 0. The van der Waals surface area contributed by atoms with Crippen molar-refractivity contribution in [3.8, 4) is 0 Å².